The summed E-state index contributed by atoms with van der Waals surface area (Å²) in [5.74, 6) is 0. The van der Waals surface area contributed by atoms with E-state index in [4.69, 9.17) is 10.8 Å². The van der Waals surface area contributed by atoms with Gasteiger partial charge in [0.15, 0.2) is 0 Å². The van der Waals surface area contributed by atoms with Crippen molar-refractivity contribution in [3.05, 3.63) is 40.3 Å². The summed E-state index contributed by atoms with van der Waals surface area (Å²) in [5.41, 5.74) is 8.84. The lowest BCUT2D eigenvalue weighted by atomic mass is 10.2. The number of sulfonamides is 1. The van der Waals surface area contributed by atoms with Gasteiger partial charge in [0.25, 0.3) is 0 Å². The molecule has 0 radical (unpaired) electrons. The molecule has 0 bridgehead atoms. The number of hydrogen-bond donors (Lipinski definition) is 1. The molecule has 0 atom stereocenters. The molecule has 0 fully saturated rings. The fourth-order valence-electron chi connectivity index (χ4n) is 1.36. The number of benzene rings is 1. The van der Waals surface area contributed by atoms with Gasteiger partial charge in [0.1, 0.15) is 0 Å². The van der Waals surface area contributed by atoms with Crippen LogP contribution < -0.4 is 4.72 Å². The molecule has 1 aromatic rings. The van der Waals surface area contributed by atoms with Crippen LogP contribution in [-0.4, -0.2) is 21.5 Å². The van der Waals surface area contributed by atoms with Gasteiger partial charge in [-0.05, 0) is 29.6 Å². The molecule has 1 rings (SSSR count). The second-order valence-electron chi connectivity index (χ2n) is 3.68. The first-order chi connectivity index (χ1) is 9.10. The van der Waals surface area contributed by atoms with E-state index in [-0.39, 0.29) is 24.4 Å². The molecule has 0 amide bonds. The fourth-order valence-corrected chi connectivity index (χ4v) is 2.44. The number of nitrogens with one attached hydrogen (secondary N) is 1. The zero-order chi connectivity index (χ0) is 14.1. The molecule has 1 N–H and O–H groups in total. The summed E-state index contributed by atoms with van der Waals surface area (Å²) in [5, 5.41) is 11.8. The van der Waals surface area contributed by atoms with E-state index in [2.05, 4.69) is 14.7 Å². The molecule has 0 aliphatic rings. The van der Waals surface area contributed by atoms with Gasteiger partial charge in [-0.3, -0.25) is 0 Å². The number of azide groups is 1. The molecule has 0 aliphatic carbocycles. The molecule has 7 nitrogen and oxygen atoms in total. The Labute approximate surface area is 111 Å². The van der Waals surface area contributed by atoms with Crippen molar-refractivity contribution in [2.75, 3.05) is 13.1 Å². The standard InChI is InChI=1S/C11H13N5O2S/c12-7-6-10-2-4-11(5-3-10)19(17,18)15-9-1-8-14-16-13/h2-5,15H,1,6,8-9H2. The highest BCUT2D eigenvalue weighted by molar-refractivity contribution is 7.89. The van der Waals surface area contributed by atoms with E-state index in [0.717, 1.165) is 5.56 Å². The summed E-state index contributed by atoms with van der Waals surface area (Å²) < 4.78 is 26.1. The number of nitrogens with zero attached hydrogens (tertiary/aromatic N) is 4. The summed E-state index contributed by atoms with van der Waals surface area (Å²) in [6.45, 7) is 0.460. The zero-order valence-electron chi connectivity index (χ0n) is 10.2. The van der Waals surface area contributed by atoms with Crippen molar-refractivity contribution in [2.45, 2.75) is 17.7 Å². The van der Waals surface area contributed by atoms with Crippen molar-refractivity contribution in [2.24, 2.45) is 5.11 Å². The highest BCUT2D eigenvalue weighted by atomic mass is 32.2. The normalized spacial score (nSPS) is 10.5. The van der Waals surface area contributed by atoms with Crippen LogP contribution in [0.25, 0.3) is 10.4 Å². The Morgan fingerprint density at radius 2 is 2.05 bits per heavy atom. The number of hydrogen-bond acceptors (Lipinski definition) is 4. The third-order valence-corrected chi connectivity index (χ3v) is 3.78. The summed E-state index contributed by atoms with van der Waals surface area (Å²) in [7, 11) is -3.55. The third-order valence-electron chi connectivity index (χ3n) is 2.31. The Morgan fingerprint density at radius 3 is 2.63 bits per heavy atom. The Morgan fingerprint density at radius 1 is 1.37 bits per heavy atom. The summed E-state index contributed by atoms with van der Waals surface area (Å²) in [6, 6.07) is 8.13. The van der Waals surface area contributed by atoms with E-state index in [1.807, 2.05) is 6.07 Å². The minimum absolute atomic E-state index is 0.151. The quantitative estimate of drug-likeness (QED) is 0.354. The van der Waals surface area contributed by atoms with Crippen LogP contribution in [0.1, 0.15) is 12.0 Å². The molecular weight excluding hydrogens is 266 g/mol. The molecule has 0 saturated heterocycles. The van der Waals surface area contributed by atoms with Crippen LogP contribution in [0.3, 0.4) is 0 Å². The topological polar surface area (TPSA) is 119 Å². The summed E-state index contributed by atoms with van der Waals surface area (Å²) in [4.78, 5) is 2.73. The third kappa shape index (κ3) is 4.97. The van der Waals surface area contributed by atoms with Crippen molar-refractivity contribution < 1.29 is 8.42 Å². The lowest BCUT2D eigenvalue weighted by Crippen LogP contribution is -2.25. The first-order valence-corrected chi connectivity index (χ1v) is 7.05. The minimum atomic E-state index is -3.55. The van der Waals surface area contributed by atoms with Gasteiger partial charge in [0.05, 0.1) is 17.4 Å². The average Bonchev–Trinajstić information content (AvgIpc) is 2.39. The predicted octanol–water partition coefficient (Wildman–Crippen LogP) is 1.73. The maximum atomic E-state index is 11.9. The molecule has 1 aromatic carbocycles. The first-order valence-electron chi connectivity index (χ1n) is 5.56. The molecule has 8 heteroatoms. The van der Waals surface area contributed by atoms with Crippen molar-refractivity contribution in [3.8, 4) is 6.07 Å². The molecule has 0 unspecified atom stereocenters. The minimum Gasteiger partial charge on any atom is -0.211 e. The van der Waals surface area contributed by atoms with E-state index < -0.39 is 10.0 Å². The van der Waals surface area contributed by atoms with Crippen molar-refractivity contribution >= 4 is 10.0 Å². The van der Waals surface area contributed by atoms with Gasteiger partial charge in [-0.25, -0.2) is 13.1 Å². The Hall–Kier alpha value is -2.07. The van der Waals surface area contributed by atoms with Crippen LogP contribution in [0, 0.1) is 11.3 Å². The predicted molar refractivity (Wildman–Crippen MR) is 69.6 cm³/mol. The Balaban J connectivity index is 2.61. The second-order valence-corrected chi connectivity index (χ2v) is 5.45. The second kappa shape index (κ2) is 7.38. The fraction of sp³-hybridized carbons (Fsp3) is 0.364. The zero-order valence-corrected chi connectivity index (χ0v) is 11.0. The largest absolute Gasteiger partial charge is 0.240 e. The Kier molecular flexibility index (Phi) is 5.82. The van der Waals surface area contributed by atoms with Crippen LogP contribution in [0.4, 0.5) is 0 Å². The Bertz CT molecular complexity index is 597. The highest BCUT2D eigenvalue weighted by Gasteiger charge is 2.12. The van der Waals surface area contributed by atoms with E-state index >= 15 is 0 Å². The van der Waals surface area contributed by atoms with Crippen LogP contribution in [-0.2, 0) is 16.4 Å². The highest BCUT2D eigenvalue weighted by Crippen LogP contribution is 2.10. The van der Waals surface area contributed by atoms with Crippen LogP contribution in [0.5, 0.6) is 0 Å². The summed E-state index contributed by atoms with van der Waals surface area (Å²) >= 11 is 0. The molecular formula is C11H13N5O2S. The maximum absolute atomic E-state index is 11.9. The van der Waals surface area contributed by atoms with Crippen LogP contribution >= 0.6 is 0 Å². The van der Waals surface area contributed by atoms with Crippen molar-refractivity contribution in [1.82, 2.24) is 4.72 Å². The molecule has 100 valence electrons. The lowest BCUT2D eigenvalue weighted by molar-refractivity contribution is 0.579. The molecule has 0 saturated carbocycles. The molecule has 0 aromatic heterocycles. The van der Waals surface area contributed by atoms with E-state index in [0.29, 0.717) is 6.42 Å². The molecule has 0 aliphatic heterocycles. The smallest absolute Gasteiger partial charge is 0.211 e. The number of rotatable bonds is 7. The van der Waals surface area contributed by atoms with Crippen molar-refractivity contribution in [1.29, 1.82) is 5.26 Å². The van der Waals surface area contributed by atoms with E-state index in [9.17, 15) is 8.42 Å². The first kappa shape index (κ1) is 15.0. The van der Waals surface area contributed by atoms with E-state index in [1.165, 1.54) is 12.1 Å². The summed E-state index contributed by atoms with van der Waals surface area (Å²) in [6.07, 6.45) is 0.690. The van der Waals surface area contributed by atoms with E-state index in [1.54, 1.807) is 12.1 Å². The molecule has 19 heavy (non-hydrogen) atoms. The van der Waals surface area contributed by atoms with Gasteiger partial charge in [-0.15, -0.1) is 0 Å². The van der Waals surface area contributed by atoms with Gasteiger partial charge >= 0.3 is 0 Å². The van der Waals surface area contributed by atoms with Gasteiger partial charge < -0.3 is 0 Å². The maximum Gasteiger partial charge on any atom is 0.240 e. The van der Waals surface area contributed by atoms with Gasteiger partial charge in [0.2, 0.25) is 10.0 Å². The molecule has 0 heterocycles. The SMILES string of the molecule is N#CCc1ccc(S(=O)(=O)NCCCN=[N+]=[N-])cc1. The average molecular weight is 279 g/mol. The van der Waals surface area contributed by atoms with Crippen LogP contribution in [0.2, 0.25) is 0 Å². The van der Waals surface area contributed by atoms with Crippen LogP contribution in [0.15, 0.2) is 34.3 Å². The molecule has 0 spiro atoms. The van der Waals surface area contributed by atoms with Gasteiger partial charge in [-0.2, -0.15) is 5.26 Å². The monoisotopic (exact) mass is 279 g/mol. The number of nitriles is 1. The lowest BCUT2D eigenvalue weighted by Gasteiger charge is -2.06. The van der Waals surface area contributed by atoms with Gasteiger partial charge in [0, 0.05) is 18.0 Å². The van der Waals surface area contributed by atoms with Gasteiger partial charge in [-0.1, -0.05) is 17.2 Å². The van der Waals surface area contributed by atoms with Crippen molar-refractivity contribution in [3.63, 3.8) is 0 Å².